The molecule has 0 unspecified atom stereocenters. The van der Waals surface area contributed by atoms with E-state index in [2.05, 4.69) is 5.32 Å². The van der Waals surface area contributed by atoms with Crippen LogP contribution in [0.1, 0.15) is 34.3 Å². The number of nitrogens with one attached hydrogen (secondary N) is 1. The molecule has 0 atom stereocenters. The average molecular weight is 563 g/mol. The van der Waals surface area contributed by atoms with Gasteiger partial charge in [0, 0.05) is 23.7 Å². The third kappa shape index (κ3) is 5.20. The minimum atomic E-state index is -3.79. The number of halogens is 2. The van der Waals surface area contributed by atoms with E-state index < -0.39 is 33.2 Å². The van der Waals surface area contributed by atoms with E-state index in [0.717, 1.165) is 34.8 Å². The number of nitrogens with zero attached hydrogens (tertiary/aromatic N) is 1. The van der Waals surface area contributed by atoms with Crippen LogP contribution in [-0.4, -0.2) is 37.8 Å². The van der Waals surface area contributed by atoms with Crippen LogP contribution in [0.25, 0.3) is 0 Å². The number of amides is 2. The molecule has 0 spiro atoms. The minimum absolute atomic E-state index is 0.0343. The molecule has 2 heterocycles. The van der Waals surface area contributed by atoms with Crippen LogP contribution in [-0.2, 0) is 32.3 Å². The highest BCUT2D eigenvalue weighted by molar-refractivity contribution is 7.94. The van der Waals surface area contributed by atoms with Crippen molar-refractivity contribution in [2.75, 3.05) is 16.0 Å². The summed E-state index contributed by atoms with van der Waals surface area (Å²) >= 11 is 13.1. The second-order valence-corrected chi connectivity index (χ2v) is 13.2. The van der Waals surface area contributed by atoms with Crippen molar-refractivity contribution in [1.82, 2.24) is 0 Å². The molecule has 2 amide bonds. The molecule has 1 N–H and O–H groups in total. The Morgan fingerprint density at radius 2 is 1.83 bits per heavy atom. The number of ketones is 1. The van der Waals surface area contributed by atoms with Gasteiger partial charge in [-0.05, 0) is 66.4 Å². The van der Waals surface area contributed by atoms with E-state index >= 15 is 0 Å². The summed E-state index contributed by atoms with van der Waals surface area (Å²) in [6.07, 6.45) is 2.12. The van der Waals surface area contributed by atoms with Crippen LogP contribution >= 0.6 is 34.5 Å². The zero-order valence-electron chi connectivity index (χ0n) is 18.8. The Labute approximate surface area is 221 Å². The first kappa shape index (κ1) is 25.0. The van der Waals surface area contributed by atoms with Crippen LogP contribution in [0.2, 0.25) is 9.36 Å². The maximum Gasteiger partial charge on any atom is 0.265 e. The number of sulfone groups is 1. The first-order chi connectivity index (χ1) is 17.1. The van der Waals surface area contributed by atoms with Gasteiger partial charge >= 0.3 is 0 Å². The lowest BCUT2D eigenvalue weighted by Crippen LogP contribution is -2.42. The molecule has 1 fully saturated rings. The van der Waals surface area contributed by atoms with Gasteiger partial charge in [0.05, 0.1) is 21.5 Å². The number of thiophene rings is 1. The normalized spacial score (nSPS) is 15.7. The van der Waals surface area contributed by atoms with Crippen LogP contribution in [0, 0.1) is 0 Å². The van der Waals surface area contributed by atoms with Crippen LogP contribution in [0.15, 0.2) is 52.7 Å². The van der Waals surface area contributed by atoms with Crippen LogP contribution in [0.5, 0.6) is 0 Å². The van der Waals surface area contributed by atoms with Crippen LogP contribution in [0.3, 0.4) is 0 Å². The molecule has 1 aliphatic heterocycles. The summed E-state index contributed by atoms with van der Waals surface area (Å²) in [4.78, 5) is 39.6. The van der Waals surface area contributed by atoms with Gasteiger partial charge in [-0.3, -0.25) is 14.4 Å². The highest BCUT2D eigenvalue weighted by atomic mass is 35.5. The molecular weight excluding hydrogens is 543 g/mol. The number of hydrogen-bond acceptors (Lipinski definition) is 7. The quantitative estimate of drug-likeness (QED) is 0.390. The van der Waals surface area contributed by atoms with E-state index in [4.69, 9.17) is 23.2 Å². The summed E-state index contributed by atoms with van der Waals surface area (Å²) < 4.78 is 25.2. The molecule has 5 rings (SSSR count). The van der Waals surface area contributed by atoms with E-state index in [-0.39, 0.29) is 27.8 Å². The first-order valence-electron chi connectivity index (χ1n) is 11.2. The summed E-state index contributed by atoms with van der Waals surface area (Å²) in [6.45, 7) is 0. The highest BCUT2D eigenvalue weighted by Gasteiger charge is 2.34. The fourth-order valence-electron chi connectivity index (χ4n) is 4.09. The molecule has 0 bridgehead atoms. The lowest BCUT2D eigenvalue weighted by molar-refractivity contribution is -0.118. The summed E-state index contributed by atoms with van der Waals surface area (Å²) in [7, 11) is -3.79. The molecular formula is C25H20Cl2N2O5S2. The van der Waals surface area contributed by atoms with Gasteiger partial charge in [0.15, 0.2) is 15.6 Å². The molecule has 1 aliphatic carbocycles. The molecule has 2 aliphatic rings. The lowest BCUT2D eigenvalue weighted by Gasteiger charge is -2.28. The molecule has 1 saturated carbocycles. The maximum absolute atomic E-state index is 13.2. The van der Waals surface area contributed by atoms with Gasteiger partial charge in [0.25, 0.3) is 5.91 Å². The number of Topliss-reactive ketones (excluding diaryl/α,β-unsaturated/α-hetero) is 1. The van der Waals surface area contributed by atoms with Crippen molar-refractivity contribution >= 4 is 73.3 Å². The van der Waals surface area contributed by atoms with Crippen molar-refractivity contribution in [2.24, 2.45) is 0 Å². The molecule has 0 radical (unpaired) electrons. The van der Waals surface area contributed by atoms with Crippen molar-refractivity contribution in [2.45, 2.75) is 35.9 Å². The van der Waals surface area contributed by atoms with Gasteiger partial charge in [-0.2, -0.15) is 0 Å². The van der Waals surface area contributed by atoms with E-state index in [1.54, 1.807) is 12.1 Å². The van der Waals surface area contributed by atoms with Gasteiger partial charge in [0.1, 0.15) is 9.96 Å². The molecule has 186 valence electrons. The Hall–Kier alpha value is -2.72. The zero-order valence-corrected chi connectivity index (χ0v) is 21.9. The molecule has 3 aromatic rings. The predicted octanol–water partition coefficient (Wildman–Crippen LogP) is 4.94. The molecule has 0 saturated heterocycles. The molecule has 2 aromatic carbocycles. The van der Waals surface area contributed by atoms with Gasteiger partial charge < -0.3 is 5.32 Å². The number of carbonyl (C=O) groups excluding carboxylic acids is 3. The second kappa shape index (κ2) is 9.63. The molecule has 36 heavy (non-hydrogen) atoms. The molecule has 1 aromatic heterocycles. The fourth-order valence-corrected chi connectivity index (χ4v) is 7.19. The SMILES string of the molecule is O=C(Cc1ccc(N2C(=O)Cc3cc(NC4CC4)ccc3C2=O)c(Cl)c1)CS(=O)(=O)c1ccc(Cl)s1. The predicted molar refractivity (Wildman–Crippen MR) is 140 cm³/mol. The summed E-state index contributed by atoms with van der Waals surface area (Å²) in [5.41, 5.74) is 2.68. The van der Waals surface area contributed by atoms with E-state index in [1.807, 2.05) is 12.1 Å². The van der Waals surface area contributed by atoms with E-state index in [0.29, 0.717) is 27.1 Å². The van der Waals surface area contributed by atoms with E-state index in [1.165, 1.54) is 24.3 Å². The number of benzene rings is 2. The summed E-state index contributed by atoms with van der Waals surface area (Å²) in [5, 5.41) is 3.48. The Bertz CT molecular complexity index is 1510. The van der Waals surface area contributed by atoms with Gasteiger partial charge in [-0.25, -0.2) is 13.3 Å². The van der Waals surface area contributed by atoms with Crippen LogP contribution < -0.4 is 10.2 Å². The lowest BCUT2D eigenvalue weighted by atomic mass is 9.97. The first-order valence-corrected chi connectivity index (χ1v) is 14.4. The standard InChI is InChI=1S/C25H20Cl2N2O5S2/c26-20-10-14(9-18(30)13-36(33,34)24-8-7-22(27)35-24)1-6-21(20)29-23(31)12-15-11-17(28-16-2-3-16)4-5-19(15)25(29)32/h1,4-8,10-11,16,28H,2-3,9,12-13H2. The summed E-state index contributed by atoms with van der Waals surface area (Å²) in [6, 6.07) is 13.2. The second-order valence-electron chi connectivity index (χ2n) is 8.82. The third-order valence-electron chi connectivity index (χ3n) is 5.94. The molecule has 11 heteroatoms. The van der Waals surface area contributed by atoms with Gasteiger partial charge in [-0.15, -0.1) is 11.3 Å². The topological polar surface area (TPSA) is 101 Å². The largest absolute Gasteiger partial charge is 0.382 e. The third-order valence-corrected chi connectivity index (χ3v) is 9.73. The maximum atomic E-state index is 13.2. The van der Waals surface area contributed by atoms with Gasteiger partial charge in [-0.1, -0.05) is 29.3 Å². The Kier molecular flexibility index (Phi) is 6.67. The Morgan fingerprint density at radius 1 is 1.06 bits per heavy atom. The number of anilines is 2. The Morgan fingerprint density at radius 3 is 2.50 bits per heavy atom. The van der Waals surface area contributed by atoms with Crippen molar-refractivity contribution in [3.8, 4) is 0 Å². The average Bonchev–Trinajstić information content (AvgIpc) is 3.50. The fraction of sp³-hybridized carbons (Fsp3) is 0.240. The smallest absolute Gasteiger partial charge is 0.265 e. The van der Waals surface area contributed by atoms with Crippen molar-refractivity contribution in [3.63, 3.8) is 0 Å². The van der Waals surface area contributed by atoms with Crippen LogP contribution in [0.4, 0.5) is 11.4 Å². The van der Waals surface area contributed by atoms with Crippen molar-refractivity contribution in [1.29, 1.82) is 0 Å². The van der Waals surface area contributed by atoms with Gasteiger partial charge in [0.2, 0.25) is 5.91 Å². The number of imide groups is 1. The van der Waals surface area contributed by atoms with Crippen molar-refractivity contribution in [3.05, 3.63) is 74.6 Å². The zero-order chi connectivity index (χ0) is 25.6. The highest BCUT2D eigenvalue weighted by Crippen LogP contribution is 2.34. The number of hydrogen-bond donors (Lipinski definition) is 1. The number of carbonyl (C=O) groups is 3. The summed E-state index contributed by atoms with van der Waals surface area (Å²) in [5.74, 6) is -2.05. The van der Waals surface area contributed by atoms with E-state index in [9.17, 15) is 22.8 Å². The molecule has 7 nitrogen and oxygen atoms in total. The monoisotopic (exact) mass is 562 g/mol. The van der Waals surface area contributed by atoms with Crippen molar-refractivity contribution < 1.29 is 22.8 Å². The minimum Gasteiger partial charge on any atom is -0.382 e. The Balaban J connectivity index is 1.31. The number of fused-ring (bicyclic) bond motifs is 1. The number of rotatable bonds is 8.